The number of rotatable bonds is 7. The second kappa shape index (κ2) is 10.8. The minimum Gasteiger partial charge on any atom is -0.497 e. The monoisotopic (exact) mass is 486 g/mol. The molecule has 0 bridgehead atoms. The number of benzene rings is 2. The molecule has 0 unspecified atom stereocenters. The number of amides is 1. The Morgan fingerprint density at radius 1 is 1.00 bits per heavy atom. The first-order chi connectivity index (χ1) is 16.4. The molecule has 2 saturated heterocycles. The zero-order chi connectivity index (χ0) is 24.1. The summed E-state index contributed by atoms with van der Waals surface area (Å²) in [6, 6.07) is 14.7. The molecule has 1 N–H and O–H groups in total. The van der Waals surface area contributed by atoms with Crippen LogP contribution in [0.25, 0.3) is 0 Å². The number of methoxy groups -OCH3 is 1. The van der Waals surface area contributed by atoms with Gasteiger partial charge < -0.3 is 19.9 Å². The Labute approximate surface area is 202 Å². The number of hydrogen-bond donors (Lipinski definition) is 1. The highest BCUT2D eigenvalue weighted by Crippen LogP contribution is 2.25. The lowest BCUT2D eigenvalue weighted by molar-refractivity contribution is -0.126. The fraction of sp³-hybridized carbons (Fsp3) is 0.480. The van der Waals surface area contributed by atoms with E-state index in [4.69, 9.17) is 4.74 Å². The van der Waals surface area contributed by atoms with Gasteiger partial charge in [-0.2, -0.15) is 4.31 Å². The molecule has 2 aliphatic rings. The first kappa shape index (κ1) is 24.5. The van der Waals surface area contributed by atoms with Crippen molar-refractivity contribution in [2.24, 2.45) is 5.92 Å². The van der Waals surface area contributed by atoms with Crippen LogP contribution in [-0.2, 0) is 21.4 Å². The zero-order valence-electron chi connectivity index (χ0n) is 19.9. The van der Waals surface area contributed by atoms with Gasteiger partial charge in [-0.05, 0) is 61.9 Å². The summed E-state index contributed by atoms with van der Waals surface area (Å²) in [6.45, 7) is 5.21. The molecule has 9 heteroatoms. The predicted octanol–water partition coefficient (Wildman–Crippen LogP) is 2.16. The minimum absolute atomic E-state index is 0.0993. The van der Waals surface area contributed by atoms with Crippen molar-refractivity contribution in [1.82, 2.24) is 14.5 Å². The van der Waals surface area contributed by atoms with E-state index >= 15 is 0 Å². The fourth-order valence-corrected chi connectivity index (χ4v) is 6.02. The summed E-state index contributed by atoms with van der Waals surface area (Å²) in [4.78, 5) is 17.8. The Hall–Kier alpha value is -2.62. The van der Waals surface area contributed by atoms with Crippen molar-refractivity contribution in [3.8, 4) is 5.75 Å². The summed E-state index contributed by atoms with van der Waals surface area (Å²) in [5.74, 6) is 0.149. The maximum atomic E-state index is 13.1. The van der Waals surface area contributed by atoms with Gasteiger partial charge >= 0.3 is 0 Å². The molecular formula is C25H34N4O4S. The normalized spacial score (nSPS) is 20.2. The Balaban J connectivity index is 1.31. The summed E-state index contributed by atoms with van der Waals surface area (Å²) < 4.78 is 32.7. The van der Waals surface area contributed by atoms with Gasteiger partial charge in [0.15, 0.2) is 0 Å². The number of nitrogens with zero attached hydrogens (tertiary/aromatic N) is 3. The van der Waals surface area contributed by atoms with E-state index in [2.05, 4.69) is 46.4 Å². The molecule has 0 radical (unpaired) electrons. The van der Waals surface area contributed by atoms with Crippen LogP contribution in [0, 0.1) is 5.92 Å². The van der Waals surface area contributed by atoms with Crippen molar-refractivity contribution >= 4 is 21.6 Å². The number of hydrogen-bond acceptors (Lipinski definition) is 6. The number of piperazine rings is 1. The zero-order valence-corrected chi connectivity index (χ0v) is 20.8. The van der Waals surface area contributed by atoms with Crippen molar-refractivity contribution in [2.75, 3.05) is 58.3 Å². The molecule has 184 valence electrons. The van der Waals surface area contributed by atoms with E-state index in [0.717, 1.165) is 31.7 Å². The Bertz CT molecular complexity index is 1070. The van der Waals surface area contributed by atoms with E-state index in [9.17, 15) is 13.2 Å². The smallest absolute Gasteiger partial charge is 0.243 e. The second-order valence-electron chi connectivity index (χ2n) is 9.05. The first-order valence-corrected chi connectivity index (χ1v) is 13.2. The molecule has 1 amide bonds. The summed E-state index contributed by atoms with van der Waals surface area (Å²) >= 11 is 0. The molecule has 0 aliphatic carbocycles. The molecule has 2 aliphatic heterocycles. The quantitative estimate of drug-likeness (QED) is 0.646. The van der Waals surface area contributed by atoms with Crippen LogP contribution < -0.4 is 15.0 Å². The largest absolute Gasteiger partial charge is 0.497 e. The Morgan fingerprint density at radius 2 is 1.68 bits per heavy atom. The van der Waals surface area contributed by atoms with Crippen LogP contribution in [0.3, 0.4) is 0 Å². The number of nitrogens with one attached hydrogen (secondary N) is 1. The SMILES string of the molecule is COc1ccc(S(=O)(=O)N2CCC[C@@H](C(=O)NCc3ccc(N4CCN(C)CC4)cc3)C2)cc1. The highest BCUT2D eigenvalue weighted by molar-refractivity contribution is 7.89. The van der Waals surface area contributed by atoms with Gasteiger partial charge in [0.05, 0.1) is 17.9 Å². The lowest BCUT2D eigenvalue weighted by Crippen LogP contribution is -2.45. The highest BCUT2D eigenvalue weighted by Gasteiger charge is 2.33. The molecule has 4 rings (SSSR count). The van der Waals surface area contributed by atoms with E-state index in [1.54, 1.807) is 31.4 Å². The average Bonchev–Trinajstić information content (AvgIpc) is 2.88. The van der Waals surface area contributed by atoms with Crippen molar-refractivity contribution in [2.45, 2.75) is 24.3 Å². The molecule has 2 fully saturated rings. The van der Waals surface area contributed by atoms with Gasteiger partial charge in [-0.3, -0.25) is 4.79 Å². The van der Waals surface area contributed by atoms with E-state index < -0.39 is 10.0 Å². The number of sulfonamides is 1. The van der Waals surface area contributed by atoms with Gasteiger partial charge in [-0.25, -0.2) is 8.42 Å². The van der Waals surface area contributed by atoms with E-state index in [-0.39, 0.29) is 23.3 Å². The van der Waals surface area contributed by atoms with Crippen molar-refractivity contribution in [3.63, 3.8) is 0 Å². The van der Waals surface area contributed by atoms with Crippen LogP contribution >= 0.6 is 0 Å². The van der Waals surface area contributed by atoms with E-state index in [1.807, 2.05) is 0 Å². The van der Waals surface area contributed by atoms with Crippen LogP contribution in [0.15, 0.2) is 53.4 Å². The molecule has 2 aromatic carbocycles. The van der Waals surface area contributed by atoms with Crippen LogP contribution in [0.2, 0.25) is 0 Å². The average molecular weight is 487 g/mol. The third-order valence-corrected chi connectivity index (χ3v) is 8.60. The number of likely N-dealkylation sites (N-methyl/N-ethyl adjacent to an activating group) is 1. The lowest BCUT2D eigenvalue weighted by Gasteiger charge is -2.34. The summed E-state index contributed by atoms with van der Waals surface area (Å²) in [5.41, 5.74) is 2.24. The molecule has 0 spiro atoms. The molecular weight excluding hydrogens is 452 g/mol. The first-order valence-electron chi connectivity index (χ1n) is 11.8. The standard InChI is InChI=1S/C25H34N4O4S/c1-27-14-16-28(17-15-27)22-7-5-20(6-8-22)18-26-25(30)21-4-3-13-29(19-21)34(31,32)24-11-9-23(33-2)10-12-24/h5-12,21H,3-4,13-19H2,1-2H3,(H,26,30)/t21-/m1/s1. The number of piperidine rings is 1. The molecule has 34 heavy (non-hydrogen) atoms. The topological polar surface area (TPSA) is 82.2 Å². The molecule has 1 atom stereocenters. The second-order valence-corrected chi connectivity index (χ2v) is 11.0. The van der Waals surface area contributed by atoms with E-state index in [1.165, 1.54) is 9.99 Å². The highest BCUT2D eigenvalue weighted by atomic mass is 32.2. The Morgan fingerprint density at radius 3 is 2.32 bits per heavy atom. The summed E-state index contributed by atoms with van der Waals surface area (Å²) in [7, 11) is 0.0335. The maximum Gasteiger partial charge on any atom is 0.243 e. The van der Waals surface area contributed by atoms with Gasteiger partial charge in [0.25, 0.3) is 0 Å². The van der Waals surface area contributed by atoms with Crippen molar-refractivity contribution in [1.29, 1.82) is 0 Å². The van der Waals surface area contributed by atoms with Crippen molar-refractivity contribution in [3.05, 3.63) is 54.1 Å². The van der Waals surface area contributed by atoms with Gasteiger partial charge in [0, 0.05) is 51.5 Å². The van der Waals surface area contributed by atoms with Crippen LogP contribution in [0.4, 0.5) is 5.69 Å². The molecule has 0 saturated carbocycles. The molecule has 8 nitrogen and oxygen atoms in total. The van der Waals surface area contributed by atoms with Crippen LogP contribution in [0.5, 0.6) is 5.75 Å². The number of carbonyl (C=O) groups excluding carboxylic acids is 1. The molecule has 2 aromatic rings. The number of carbonyl (C=O) groups is 1. The van der Waals surface area contributed by atoms with E-state index in [0.29, 0.717) is 31.7 Å². The predicted molar refractivity (Wildman–Crippen MR) is 132 cm³/mol. The van der Waals surface area contributed by atoms with Gasteiger partial charge in [-0.15, -0.1) is 0 Å². The molecule has 2 heterocycles. The summed E-state index contributed by atoms with van der Waals surface area (Å²) in [6.07, 6.45) is 1.34. The lowest BCUT2D eigenvalue weighted by atomic mass is 9.98. The van der Waals surface area contributed by atoms with Gasteiger partial charge in [0.2, 0.25) is 15.9 Å². The molecule has 0 aromatic heterocycles. The van der Waals surface area contributed by atoms with Crippen LogP contribution in [0.1, 0.15) is 18.4 Å². The summed E-state index contributed by atoms with van der Waals surface area (Å²) in [5, 5.41) is 3.00. The Kier molecular flexibility index (Phi) is 7.75. The third kappa shape index (κ3) is 5.71. The maximum absolute atomic E-state index is 13.1. The van der Waals surface area contributed by atoms with Crippen molar-refractivity contribution < 1.29 is 17.9 Å². The minimum atomic E-state index is -3.65. The number of ether oxygens (including phenoxy) is 1. The number of anilines is 1. The third-order valence-electron chi connectivity index (χ3n) is 6.72. The van der Waals surface area contributed by atoms with Crippen LogP contribution in [-0.4, -0.2) is 77.0 Å². The van der Waals surface area contributed by atoms with Gasteiger partial charge in [-0.1, -0.05) is 12.1 Å². The van der Waals surface area contributed by atoms with Gasteiger partial charge in [0.1, 0.15) is 5.75 Å². The fourth-order valence-electron chi connectivity index (χ4n) is 4.49.